The number of nitrogens with zero attached hydrogens (tertiary/aromatic N) is 1. The van der Waals surface area contributed by atoms with Crippen molar-refractivity contribution in [3.8, 4) is 22.8 Å². The van der Waals surface area contributed by atoms with Crippen LogP contribution in [0.1, 0.15) is 21.6 Å². The Morgan fingerprint density at radius 1 is 0.970 bits per heavy atom. The van der Waals surface area contributed by atoms with E-state index < -0.39 is 11.7 Å². The largest absolute Gasteiger partial charge is 0.496 e. The first-order valence-corrected chi connectivity index (χ1v) is 10.1. The van der Waals surface area contributed by atoms with Gasteiger partial charge in [0, 0.05) is 23.7 Å². The summed E-state index contributed by atoms with van der Waals surface area (Å²) in [7, 11) is 1.47. The highest BCUT2D eigenvalue weighted by Gasteiger charge is 2.15. The van der Waals surface area contributed by atoms with Gasteiger partial charge in [-0.1, -0.05) is 17.3 Å². The van der Waals surface area contributed by atoms with Crippen LogP contribution in [0.25, 0.3) is 11.3 Å². The summed E-state index contributed by atoms with van der Waals surface area (Å²) in [5.74, 6) is 0.332. The van der Waals surface area contributed by atoms with Crippen molar-refractivity contribution in [2.75, 3.05) is 7.11 Å². The lowest BCUT2D eigenvalue weighted by Gasteiger charge is -2.09. The van der Waals surface area contributed by atoms with Crippen molar-refractivity contribution in [2.45, 2.75) is 13.2 Å². The summed E-state index contributed by atoms with van der Waals surface area (Å²) in [6.07, 6.45) is 0. The van der Waals surface area contributed by atoms with Gasteiger partial charge in [-0.15, -0.1) is 0 Å². The van der Waals surface area contributed by atoms with Crippen LogP contribution in [0, 0.1) is 11.6 Å². The van der Waals surface area contributed by atoms with Crippen molar-refractivity contribution >= 4 is 5.91 Å². The molecule has 168 valence electrons. The number of amides is 1. The summed E-state index contributed by atoms with van der Waals surface area (Å²) in [6, 6.07) is 18.8. The first-order valence-electron chi connectivity index (χ1n) is 10.1. The predicted molar refractivity (Wildman–Crippen MR) is 117 cm³/mol. The third-order valence-corrected chi connectivity index (χ3v) is 4.88. The third kappa shape index (κ3) is 5.54. The Labute approximate surface area is 188 Å². The standard InChI is InChI=1S/C25H20F2N2O4/c1-31-23-11-8-20(27)12-18(23)14-28-25(30)22-13-24(33-29-22)17-4-9-21(10-5-17)32-15-16-2-6-19(26)7-3-16/h2-13H,14-15H2,1H3,(H,28,30). The number of methoxy groups -OCH3 is 1. The van der Waals surface area contributed by atoms with E-state index >= 15 is 0 Å². The quantitative estimate of drug-likeness (QED) is 0.403. The first-order chi connectivity index (χ1) is 16.0. The Kier molecular flexibility index (Phi) is 6.64. The van der Waals surface area contributed by atoms with Crippen LogP contribution >= 0.6 is 0 Å². The molecule has 6 nitrogen and oxygen atoms in total. The van der Waals surface area contributed by atoms with E-state index in [2.05, 4.69) is 10.5 Å². The molecule has 3 aromatic carbocycles. The fourth-order valence-corrected chi connectivity index (χ4v) is 3.13. The van der Waals surface area contributed by atoms with Crippen LogP contribution in [-0.2, 0) is 13.2 Å². The molecule has 0 bridgehead atoms. The minimum absolute atomic E-state index is 0.0715. The van der Waals surface area contributed by atoms with E-state index in [1.807, 2.05) is 0 Å². The number of hydrogen-bond acceptors (Lipinski definition) is 5. The summed E-state index contributed by atoms with van der Waals surface area (Å²) < 4.78 is 42.6. The molecule has 1 N–H and O–H groups in total. The van der Waals surface area contributed by atoms with E-state index in [-0.39, 0.29) is 18.1 Å². The van der Waals surface area contributed by atoms with Gasteiger partial charge < -0.3 is 19.3 Å². The highest BCUT2D eigenvalue weighted by molar-refractivity contribution is 5.93. The first kappa shape index (κ1) is 22.0. The van der Waals surface area contributed by atoms with Crippen LogP contribution in [0.15, 0.2) is 77.3 Å². The summed E-state index contributed by atoms with van der Waals surface area (Å²) >= 11 is 0. The maximum absolute atomic E-state index is 13.5. The molecule has 8 heteroatoms. The third-order valence-electron chi connectivity index (χ3n) is 4.88. The second-order valence-corrected chi connectivity index (χ2v) is 7.15. The Hall–Kier alpha value is -4.20. The lowest BCUT2D eigenvalue weighted by molar-refractivity contribution is 0.0941. The number of aromatic nitrogens is 1. The van der Waals surface area contributed by atoms with Crippen molar-refractivity contribution in [3.05, 3.63) is 101 Å². The second-order valence-electron chi connectivity index (χ2n) is 7.15. The van der Waals surface area contributed by atoms with Gasteiger partial charge in [0.15, 0.2) is 11.5 Å². The van der Waals surface area contributed by atoms with Crippen molar-refractivity contribution in [2.24, 2.45) is 0 Å². The highest BCUT2D eigenvalue weighted by Crippen LogP contribution is 2.24. The van der Waals surface area contributed by atoms with Gasteiger partial charge in [0.05, 0.1) is 7.11 Å². The number of benzene rings is 3. The average Bonchev–Trinajstić information content (AvgIpc) is 3.33. The zero-order valence-electron chi connectivity index (χ0n) is 17.7. The number of carbonyl (C=O) groups excluding carboxylic acids is 1. The molecular formula is C25H20F2N2O4. The van der Waals surface area contributed by atoms with Gasteiger partial charge in [0.1, 0.15) is 29.7 Å². The number of nitrogens with one attached hydrogen (secondary N) is 1. The van der Waals surface area contributed by atoms with Crippen molar-refractivity contribution in [1.82, 2.24) is 10.5 Å². The van der Waals surface area contributed by atoms with Crippen LogP contribution < -0.4 is 14.8 Å². The molecule has 4 aromatic rings. The van der Waals surface area contributed by atoms with Gasteiger partial charge in [-0.05, 0) is 60.2 Å². The number of carbonyl (C=O) groups is 1. The van der Waals surface area contributed by atoms with Gasteiger partial charge in [-0.3, -0.25) is 4.79 Å². The molecule has 1 aromatic heterocycles. The van der Waals surface area contributed by atoms with Crippen LogP contribution in [-0.4, -0.2) is 18.2 Å². The summed E-state index contributed by atoms with van der Waals surface area (Å²) in [4.78, 5) is 12.4. The van der Waals surface area contributed by atoms with Gasteiger partial charge in [0.25, 0.3) is 5.91 Å². The maximum atomic E-state index is 13.5. The molecule has 0 aliphatic rings. The number of ether oxygens (including phenoxy) is 2. The minimum Gasteiger partial charge on any atom is -0.496 e. The minimum atomic E-state index is -0.462. The summed E-state index contributed by atoms with van der Waals surface area (Å²) in [5.41, 5.74) is 2.16. The van der Waals surface area contributed by atoms with Gasteiger partial charge in [-0.25, -0.2) is 8.78 Å². The number of halogens is 2. The van der Waals surface area contributed by atoms with Crippen LogP contribution in [0.4, 0.5) is 8.78 Å². The van der Waals surface area contributed by atoms with Crippen molar-refractivity contribution in [3.63, 3.8) is 0 Å². The molecule has 33 heavy (non-hydrogen) atoms. The molecule has 0 aliphatic heterocycles. The van der Waals surface area contributed by atoms with Crippen LogP contribution in [0.3, 0.4) is 0 Å². The molecule has 0 aliphatic carbocycles. The predicted octanol–water partition coefficient (Wildman–Crippen LogP) is 5.14. The zero-order chi connectivity index (χ0) is 23.2. The fourth-order valence-electron chi connectivity index (χ4n) is 3.13. The van der Waals surface area contributed by atoms with E-state index in [0.29, 0.717) is 35.0 Å². The zero-order valence-corrected chi connectivity index (χ0v) is 17.7. The van der Waals surface area contributed by atoms with Crippen LogP contribution in [0.2, 0.25) is 0 Å². The topological polar surface area (TPSA) is 73.6 Å². The average molecular weight is 450 g/mol. The molecular weight excluding hydrogens is 430 g/mol. The Balaban J connectivity index is 1.36. The van der Waals surface area contributed by atoms with E-state index in [1.165, 1.54) is 43.5 Å². The van der Waals surface area contributed by atoms with Gasteiger partial charge in [-0.2, -0.15) is 0 Å². The molecule has 0 spiro atoms. The summed E-state index contributed by atoms with van der Waals surface area (Å²) in [6.45, 7) is 0.379. The summed E-state index contributed by atoms with van der Waals surface area (Å²) in [5, 5.41) is 6.49. The SMILES string of the molecule is COc1ccc(F)cc1CNC(=O)c1cc(-c2ccc(OCc3ccc(F)cc3)cc2)on1. The molecule has 4 rings (SSSR count). The highest BCUT2D eigenvalue weighted by atomic mass is 19.1. The van der Waals surface area contributed by atoms with Gasteiger partial charge >= 0.3 is 0 Å². The monoisotopic (exact) mass is 450 g/mol. The van der Waals surface area contributed by atoms with E-state index in [0.717, 1.165) is 5.56 Å². The maximum Gasteiger partial charge on any atom is 0.273 e. The smallest absolute Gasteiger partial charge is 0.273 e. The molecule has 0 radical (unpaired) electrons. The van der Waals surface area contributed by atoms with Gasteiger partial charge in [0.2, 0.25) is 0 Å². The van der Waals surface area contributed by atoms with E-state index in [1.54, 1.807) is 36.4 Å². The molecule has 0 fully saturated rings. The molecule has 0 atom stereocenters. The Morgan fingerprint density at radius 3 is 2.42 bits per heavy atom. The molecule has 0 saturated carbocycles. The fraction of sp³-hybridized carbons (Fsp3) is 0.120. The molecule has 0 unspecified atom stereocenters. The number of hydrogen-bond donors (Lipinski definition) is 1. The molecule has 0 saturated heterocycles. The lowest BCUT2D eigenvalue weighted by atomic mass is 10.1. The second kappa shape index (κ2) is 9.95. The number of rotatable bonds is 8. The molecule has 1 amide bonds. The lowest BCUT2D eigenvalue weighted by Crippen LogP contribution is -2.23. The Morgan fingerprint density at radius 2 is 1.70 bits per heavy atom. The molecule has 1 heterocycles. The van der Waals surface area contributed by atoms with E-state index in [4.69, 9.17) is 14.0 Å². The van der Waals surface area contributed by atoms with Crippen molar-refractivity contribution in [1.29, 1.82) is 0 Å². The van der Waals surface area contributed by atoms with Crippen LogP contribution in [0.5, 0.6) is 11.5 Å². The Bertz CT molecular complexity index is 1240. The normalized spacial score (nSPS) is 10.6. The van der Waals surface area contributed by atoms with E-state index in [9.17, 15) is 13.6 Å². The van der Waals surface area contributed by atoms with Crippen molar-refractivity contribution < 1.29 is 27.6 Å².